The van der Waals surface area contributed by atoms with Gasteiger partial charge in [-0.25, -0.2) is 0 Å². The van der Waals surface area contributed by atoms with Gasteiger partial charge in [-0.05, 0) is 30.5 Å². The monoisotopic (exact) mass is 281 g/mol. The molecule has 0 aromatic heterocycles. The second kappa shape index (κ2) is 5.39. The van der Waals surface area contributed by atoms with E-state index in [1.165, 1.54) is 0 Å². The van der Waals surface area contributed by atoms with Crippen LogP contribution in [0.5, 0.6) is 5.75 Å². The predicted octanol–water partition coefficient (Wildman–Crippen LogP) is 2.07. The topological polar surface area (TPSA) is 47.6 Å². The molecule has 1 atom stereocenters. The van der Waals surface area contributed by atoms with Crippen molar-refractivity contribution in [3.05, 3.63) is 28.3 Å². The largest absolute Gasteiger partial charge is 0.493 e. The number of nitrogens with one attached hydrogen (secondary N) is 1. The number of fused-ring (bicyclic) bond motifs is 1. The highest BCUT2D eigenvalue weighted by Gasteiger charge is 2.24. The van der Waals surface area contributed by atoms with Gasteiger partial charge in [-0.1, -0.05) is 11.6 Å². The van der Waals surface area contributed by atoms with E-state index in [0.717, 1.165) is 36.1 Å². The molecule has 0 radical (unpaired) electrons. The van der Waals surface area contributed by atoms with E-state index in [4.69, 9.17) is 21.1 Å². The molecule has 102 valence electrons. The van der Waals surface area contributed by atoms with Crippen molar-refractivity contribution in [2.24, 2.45) is 0 Å². The lowest BCUT2D eigenvalue weighted by molar-refractivity contribution is -0.130. The molecule has 0 unspecified atom stereocenters. The Labute approximate surface area is 117 Å². The van der Waals surface area contributed by atoms with Gasteiger partial charge in [0.25, 0.3) is 0 Å². The molecule has 4 nitrogen and oxygen atoms in total. The molecule has 1 aromatic rings. The van der Waals surface area contributed by atoms with Gasteiger partial charge in [0, 0.05) is 30.2 Å². The summed E-state index contributed by atoms with van der Waals surface area (Å²) in [6, 6.07) is 3.77. The summed E-state index contributed by atoms with van der Waals surface area (Å²) in [6.07, 6.45) is 2.33. The third-order valence-electron chi connectivity index (χ3n) is 3.50. The molecular weight excluding hydrogens is 266 g/mol. The Morgan fingerprint density at radius 3 is 3.11 bits per heavy atom. The van der Waals surface area contributed by atoms with E-state index in [9.17, 15) is 4.79 Å². The fraction of sp³-hybridized carbons (Fsp3) is 0.500. The first-order chi connectivity index (χ1) is 9.24. The van der Waals surface area contributed by atoms with Gasteiger partial charge in [-0.3, -0.25) is 4.79 Å². The fourth-order valence-corrected chi connectivity index (χ4v) is 2.82. The van der Waals surface area contributed by atoms with Gasteiger partial charge in [-0.15, -0.1) is 0 Å². The van der Waals surface area contributed by atoms with Gasteiger partial charge in [-0.2, -0.15) is 0 Å². The van der Waals surface area contributed by atoms with Crippen LogP contribution in [0.3, 0.4) is 0 Å². The number of carbonyl (C=O) groups excluding carboxylic acids is 1. The summed E-state index contributed by atoms with van der Waals surface area (Å²) >= 11 is 6.08. The minimum atomic E-state index is -0.298. The van der Waals surface area contributed by atoms with Crippen LogP contribution in [0.15, 0.2) is 12.1 Å². The first-order valence-electron chi connectivity index (χ1n) is 6.57. The molecule has 19 heavy (non-hydrogen) atoms. The summed E-state index contributed by atoms with van der Waals surface area (Å²) < 4.78 is 11.0. The van der Waals surface area contributed by atoms with Crippen LogP contribution in [0.1, 0.15) is 24.0 Å². The predicted molar refractivity (Wildman–Crippen MR) is 71.5 cm³/mol. The zero-order valence-electron chi connectivity index (χ0n) is 10.6. The summed E-state index contributed by atoms with van der Waals surface area (Å²) in [5.41, 5.74) is 2.06. The molecular formula is C14H16ClNO3. The van der Waals surface area contributed by atoms with Crippen molar-refractivity contribution in [3.8, 4) is 5.75 Å². The molecule has 2 aliphatic rings. The second-order valence-corrected chi connectivity index (χ2v) is 5.31. The molecule has 2 heterocycles. The smallest absolute Gasteiger partial charge is 0.249 e. The SMILES string of the molecule is O=C(NCc1cc(Cl)cc2c1OCC2)[C@H]1CCCO1. The zero-order chi connectivity index (χ0) is 13.2. The highest BCUT2D eigenvalue weighted by Crippen LogP contribution is 2.32. The maximum Gasteiger partial charge on any atom is 0.249 e. The van der Waals surface area contributed by atoms with Gasteiger partial charge >= 0.3 is 0 Å². The van der Waals surface area contributed by atoms with E-state index >= 15 is 0 Å². The van der Waals surface area contributed by atoms with Gasteiger partial charge in [0.05, 0.1) is 6.61 Å². The van der Waals surface area contributed by atoms with E-state index < -0.39 is 0 Å². The molecule has 3 rings (SSSR count). The quantitative estimate of drug-likeness (QED) is 0.923. The third kappa shape index (κ3) is 2.69. The molecule has 0 spiro atoms. The van der Waals surface area contributed by atoms with Crippen LogP contribution in [0.4, 0.5) is 0 Å². The Balaban J connectivity index is 1.68. The highest BCUT2D eigenvalue weighted by atomic mass is 35.5. The van der Waals surface area contributed by atoms with Crippen LogP contribution < -0.4 is 10.1 Å². The van der Waals surface area contributed by atoms with Gasteiger partial charge in [0.15, 0.2) is 0 Å². The Morgan fingerprint density at radius 1 is 1.42 bits per heavy atom. The fourth-order valence-electron chi connectivity index (χ4n) is 2.56. The molecule has 0 bridgehead atoms. The number of amides is 1. The number of carbonyl (C=O) groups is 1. The maximum absolute atomic E-state index is 11.9. The van der Waals surface area contributed by atoms with Crippen LogP contribution in [0.25, 0.3) is 0 Å². The maximum atomic E-state index is 11.9. The number of halogens is 1. The average molecular weight is 282 g/mol. The third-order valence-corrected chi connectivity index (χ3v) is 3.72. The Kier molecular flexibility index (Phi) is 3.62. The average Bonchev–Trinajstić information content (AvgIpc) is 3.05. The summed E-state index contributed by atoms with van der Waals surface area (Å²) in [6.45, 7) is 1.79. The summed E-state index contributed by atoms with van der Waals surface area (Å²) in [5, 5.41) is 3.58. The van der Waals surface area contributed by atoms with Crippen LogP contribution in [-0.4, -0.2) is 25.2 Å². The molecule has 2 aliphatic heterocycles. The van der Waals surface area contributed by atoms with Crippen LogP contribution >= 0.6 is 11.6 Å². The number of ether oxygens (including phenoxy) is 2. The number of rotatable bonds is 3. The Morgan fingerprint density at radius 2 is 2.32 bits per heavy atom. The van der Waals surface area contributed by atoms with Crippen LogP contribution in [0.2, 0.25) is 5.02 Å². The number of benzene rings is 1. The molecule has 1 saturated heterocycles. The molecule has 0 aliphatic carbocycles. The summed E-state index contributed by atoms with van der Waals surface area (Å²) in [5.74, 6) is 0.821. The van der Waals surface area contributed by atoms with Crippen molar-refractivity contribution < 1.29 is 14.3 Å². The zero-order valence-corrected chi connectivity index (χ0v) is 11.3. The van der Waals surface area contributed by atoms with Gasteiger partial charge < -0.3 is 14.8 Å². The van der Waals surface area contributed by atoms with Gasteiger partial charge in [0.2, 0.25) is 5.91 Å². The second-order valence-electron chi connectivity index (χ2n) is 4.87. The normalized spacial score (nSPS) is 21.0. The lowest BCUT2D eigenvalue weighted by Gasteiger charge is -2.13. The molecule has 0 saturated carbocycles. The first-order valence-corrected chi connectivity index (χ1v) is 6.95. The van der Waals surface area contributed by atoms with Crippen LogP contribution in [-0.2, 0) is 22.5 Å². The number of hydrogen-bond donors (Lipinski definition) is 1. The van der Waals surface area contributed by atoms with E-state index in [1.54, 1.807) is 0 Å². The van der Waals surface area contributed by atoms with Gasteiger partial charge in [0.1, 0.15) is 11.9 Å². The van der Waals surface area contributed by atoms with E-state index in [2.05, 4.69) is 5.32 Å². The Hall–Kier alpha value is -1.26. The lowest BCUT2D eigenvalue weighted by Crippen LogP contribution is -2.33. The molecule has 1 amide bonds. The highest BCUT2D eigenvalue weighted by molar-refractivity contribution is 6.30. The number of hydrogen-bond acceptors (Lipinski definition) is 3. The molecule has 1 N–H and O–H groups in total. The van der Waals surface area contributed by atoms with Crippen molar-refractivity contribution in [1.29, 1.82) is 0 Å². The lowest BCUT2D eigenvalue weighted by atomic mass is 10.1. The molecule has 5 heteroatoms. The van der Waals surface area contributed by atoms with Crippen molar-refractivity contribution in [2.75, 3.05) is 13.2 Å². The van der Waals surface area contributed by atoms with E-state index in [1.807, 2.05) is 12.1 Å². The molecule has 1 fully saturated rings. The van der Waals surface area contributed by atoms with Crippen molar-refractivity contribution in [1.82, 2.24) is 5.32 Å². The standard InChI is InChI=1S/C14H16ClNO3/c15-11-6-9-3-5-19-13(9)10(7-11)8-16-14(17)12-2-1-4-18-12/h6-7,12H,1-5,8H2,(H,16,17)/t12-/m1/s1. The minimum absolute atomic E-state index is 0.0516. The summed E-state index contributed by atoms with van der Waals surface area (Å²) in [7, 11) is 0. The van der Waals surface area contributed by atoms with E-state index in [0.29, 0.717) is 24.8 Å². The van der Waals surface area contributed by atoms with E-state index in [-0.39, 0.29) is 12.0 Å². The minimum Gasteiger partial charge on any atom is -0.493 e. The van der Waals surface area contributed by atoms with Crippen molar-refractivity contribution >= 4 is 17.5 Å². The van der Waals surface area contributed by atoms with Crippen molar-refractivity contribution in [3.63, 3.8) is 0 Å². The van der Waals surface area contributed by atoms with Crippen LogP contribution in [0, 0.1) is 0 Å². The first kappa shape index (κ1) is 12.8. The van der Waals surface area contributed by atoms with Crippen molar-refractivity contribution in [2.45, 2.75) is 31.9 Å². The summed E-state index contributed by atoms with van der Waals surface area (Å²) in [4.78, 5) is 11.9. The molecule has 1 aromatic carbocycles. The Bertz CT molecular complexity index is 498.